The Morgan fingerprint density at radius 1 is 0.259 bits per heavy atom. The van der Waals surface area contributed by atoms with Crippen LogP contribution in [0, 0.1) is 0 Å². The van der Waals surface area contributed by atoms with E-state index in [4.69, 9.17) is 14.2 Å². The van der Waals surface area contributed by atoms with E-state index in [1.165, 1.54) is 57.8 Å². The van der Waals surface area contributed by atoms with E-state index in [2.05, 4.69) is 179 Å². The summed E-state index contributed by atoms with van der Waals surface area (Å²) in [6.07, 6.45) is 98.1. The maximum atomic E-state index is 12.9. The Bertz CT molecular complexity index is 1810. The number of esters is 3. The molecule has 0 saturated carbocycles. The number of hydrogen-bond acceptors (Lipinski definition) is 6. The van der Waals surface area contributed by atoms with Gasteiger partial charge in [0.05, 0.1) is 0 Å². The molecule has 0 aromatic carbocycles. The first-order chi connectivity index (χ1) is 40.0. The minimum Gasteiger partial charge on any atom is -0.462 e. The summed E-state index contributed by atoms with van der Waals surface area (Å²) in [7, 11) is 0. The molecule has 6 nitrogen and oxygen atoms in total. The molecule has 456 valence electrons. The first-order valence-electron chi connectivity index (χ1n) is 33.0. The maximum absolute atomic E-state index is 12.9. The maximum Gasteiger partial charge on any atom is 0.306 e. The van der Waals surface area contributed by atoms with Crippen LogP contribution in [-0.4, -0.2) is 37.2 Å². The molecule has 0 aromatic heterocycles. The quantitative estimate of drug-likeness (QED) is 0.0261. The molecular formula is C75H120O6. The monoisotopic (exact) mass is 1120 g/mol. The highest BCUT2D eigenvalue weighted by Gasteiger charge is 2.19. The minimum absolute atomic E-state index is 0.101. The summed E-state index contributed by atoms with van der Waals surface area (Å²) >= 11 is 0. The van der Waals surface area contributed by atoms with Gasteiger partial charge in [0.2, 0.25) is 0 Å². The van der Waals surface area contributed by atoms with Crippen LogP contribution < -0.4 is 0 Å². The van der Waals surface area contributed by atoms with Crippen molar-refractivity contribution in [1.82, 2.24) is 0 Å². The van der Waals surface area contributed by atoms with E-state index in [9.17, 15) is 14.4 Å². The number of carbonyl (C=O) groups is 3. The van der Waals surface area contributed by atoms with Crippen molar-refractivity contribution in [3.63, 3.8) is 0 Å². The summed E-state index contributed by atoms with van der Waals surface area (Å²) in [6, 6.07) is 0. The van der Waals surface area contributed by atoms with Gasteiger partial charge < -0.3 is 14.2 Å². The lowest BCUT2D eigenvalue weighted by Crippen LogP contribution is -2.30. The van der Waals surface area contributed by atoms with Gasteiger partial charge in [-0.15, -0.1) is 0 Å². The van der Waals surface area contributed by atoms with Gasteiger partial charge in [0, 0.05) is 19.3 Å². The van der Waals surface area contributed by atoms with E-state index >= 15 is 0 Å². The van der Waals surface area contributed by atoms with Gasteiger partial charge in [-0.3, -0.25) is 14.4 Å². The van der Waals surface area contributed by atoms with Gasteiger partial charge in [0.1, 0.15) is 13.2 Å². The molecule has 0 N–H and O–H groups in total. The number of rotatable bonds is 58. The third-order valence-corrected chi connectivity index (χ3v) is 13.5. The van der Waals surface area contributed by atoms with Gasteiger partial charge in [-0.2, -0.15) is 0 Å². The topological polar surface area (TPSA) is 78.9 Å². The molecule has 0 aliphatic rings. The van der Waals surface area contributed by atoms with Crippen molar-refractivity contribution >= 4 is 17.9 Å². The lowest BCUT2D eigenvalue weighted by Gasteiger charge is -2.18. The average Bonchev–Trinajstić information content (AvgIpc) is 3.47. The molecule has 1 unspecified atom stereocenters. The van der Waals surface area contributed by atoms with Gasteiger partial charge in [-0.1, -0.05) is 269 Å². The highest BCUT2D eigenvalue weighted by molar-refractivity contribution is 5.71. The van der Waals surface area contributed by atoms with E-state index < -0.39 is 6.10 Å². The van der Waals surface area contributed by atoms with Crippen molar-refractivity contribution in [2.24, 2.45) is 0 Å². The predicted molar refractivity (Wildman–Crippen MR) is 352 cm³/mol. The fourth-order valence-corrected chi connectivity index (χ4v) is 8.62. The Kier molecular flexibility index (Phi) is 63.4. The summed E-state index contributed by atoms with van der Waals surface area (Å²) in [6.45, 7) is 6.35. The Morgan fingerprint density at radius 3 is 0.753 bits per heavy atom. The summed E-state index contributed by atoms with van der Waals surface area (Å²) < 4.78 is 16.9. The van der Waals surface area contributed by atoms with Gasteiger partial charge in [-0.25, -0.2) is 0 Å². The van der Waals surface area contributed by atoms with Crippen LogP contribution in [0.1, 0.15) is 278 Å². The zero-order valence-electron chi connectivity index (χ0n) is 52.2. The molecule has 1 atom stereocenters. The molecule has 0 heterocycles. The van der Waals surface area contributed by atoms with Crippen LogP contribution in [0.2, 0.25) is 0 Å². The highest BCUT2D eigenvalue weighted by atomic mass is 16.6. The zero-order valence-corrected chi connectivity index (χ0v) is 52.2. The van der Waals surface area contributed by atoms with Gasteiger partial charge >= 0.3 is 17.9 Å². The summed E-state index contributed by atoms with van der Waals surface area (Å²) in [5, 5.41) is 0. The largest absolute Gasteiger partial charge is 0.462 e. The molecule has 0 radical (unpaired) electrons. The molecule has 6 heteroatoms. The molecule has 0 aliphatic heterocycles. The van der Waals surface area contributed by atoms with Crippen LogP contribution in [0.3, 0.4) is 0 Å². The van der Waals surface area contributed by atoms with Crippen LogP contribution in [0.25, 0.3) is 0 Å². The zero-order chi connectivity index (χ0) is 58.5. The Balaban J connectivity index is 4.45. The van der Waals surface area contributed by atoms with Gasteiger partial charge in [0.15, 0.2) is 6.10 Å². The van der Waals surface area contributed by atoms with E-state index in [1.807, 2.05) is 0 Å². The SMILES string of the molecule is CC/C=C\C/C=C\C/C=C\C/C=C\C/C=C\C/C=C\CCCCCCCCCCC(=O)OCC(COC(=O)CCCCCCC/C=C\C/C=C\CCCCC)OC(=O)CCCCCCC/C=C\C/C=C\C/C=C\C/C=C\C/C=C\CC. The predicted octanol–water partition coefficient (Wildman–Crippen LogP) is 22.9. The van der Waals surface area contributed by atoms with E-state index in [0.717, 1.165) is 180 Å². The van der Waals surface area contributed by atoms with Crippen molar-refractivity contribution in [2.45, 2.75) is 284 Å². The molecule has 0 aromatic rings. The van der Waals surface area contributed by atoms with Crippen LogP contribution in [0.15, 0.2) is 158 Å². The molecule has 81 heavy (non-hydrogen) atoms. The molecule has 0 rings (SSSR count). The second-order valence-electron chi connectivity index (χ2n) is 21.3. The standard InChI is InChI=1S/C75H120O6/c1-4-7-10-13-16-19-22-25-28-30-32-34-35-36-37-38-39-41-42-44-47-50-53-56-59-62-65-68-74(77)80-71-72(70-79-73(76)67-64-61-58-55-52-49-46-27-24-21-18-15-12-9-6-3)81-75(78)69-66-63-60-57-54-51-48-45-43-40-33-31-29-26-23-20-17-14-11-8-5-2/h7-8,10-11,16-21,25-29,32-34,36-37,39-41,45-46,48,72H,4-6,9,12-15,22-24,30-31,35,38,42-44,47,49-71H2,1-3H3/b10-7-,11-8-,19-16-,20-17-,21-18-,28-25-,29-26-,34-32-,37-36-,40-33-,41-39-,46-27-,48-45-. The first-order valence-corrected chi connectivity index (χ1v) is 33.0. The third kappa shape index (κ3) is 65.7. The van der Waals surface area contributed by atoms with Gasteiger partial charge in [0.25, 0.3) is 0 Å². The number of hydrogen-bond donors (Lipinski definition) is 0. The van der Waals surface area contributed by atoms with Crippen molar-refractivity contribution in [3.8, 4) is 0 Å². The summed E-state index contributed by atoms with van der Waals surface area (Å²) in [5.74, 6) is -0.942. The number of allylic oxidation sites excluding steroid dienone is 26. The lowest BCUT2D eigenvalue weighted by molar-refractivity contribution is -0.167. The third-order valence-electron chi connectivity index (χ3n) is 13.5. The molecule has 0 saturated heterocycles. The fourth-order valence-electron chi connectivity index (χ4n) is 8.62. The van der Waals surface area contributed by atoms with Crippen LogP contribution in [0.5, 0.6) is 0 Å². The van der Waals surface area contributed by atoms with Crippen LogP contribution >= 0.6 is 0 Å². The second kappa shape index (κ2) is 67.5. The van der Waals surface area contributed by atoms with Crippen LogP contribution in [-0.2, 0) is 28.6 Å². The number of ether oxygens (including phenoxy) is 3. The smallest absolute Gasteiger partial charge is 0.306 e. The minimum atomic E-state index is -0.808. The average molecular weight is 1120 g/mol. The molecule has 0 bridgehead atoms. The Morgan fingerprint density at radius 2 is 0.481 bits per heavy atom. The summed E-state index contributed by atoms with van der Waals surface area (Å²) in [5.41, 5.74) is 0. The fraction of sp³-hybridized carbons (Fsp3) is 0.613. The first kappa shape index (κ1) is 76.0. The van der Waals surface area contributed by atoms with Crippen molar-refractivity contribution in [1.29, 1.82) is 0 Å². The van der Waals surface area contributed by atoms with Crippen molar-refractivity contribution < 1.29 is 28.6 Å². The number of unbranched alkanes of at least 4 members (excludes halogenated alkanes) is 21. The van der Waals surface area contributed by atoms with E-state index in [-0.39, 0.29) is 31.1 Å². The second-order valence-corrected chi connectivity index (χ2v) is 21.3. The Hall–Kier alpha value is -4.97. The lowest BCUT2D eigenvalue weighted by atomic mass is 10.1. The molecule has 0 spiro atoms. The van der Waals surface area contributed by atoms with Crippen LogP contribution in [0.4, 0.5) is 0 Å². The highest BCUT2D eigenvalue weighted by Crippen LogP contribution is 2.14. The molecular weight excluding hydrogens is 997 g/mol. The van der Waals surface area contributed by atoms with E-state index in [1.54, 1.807) is 0 Å². The molecule has 0 fully saturated rings. The molecule has 0 aliphatic carbocycles. The van der Waals surface area contributed by atoms with Crippen molar-refractivity contribution in [2.75, 3.05) is 13.2 Å². The number of carbonyl (C=O) groups excluding carboxylic acids is 3. The Labute approximate surface area is 499 Å². The normalized spacial score (nSPS) is 13.2. The summed E-state index contributed by atoms with van der Waals surface area (Å²) in [4.78, 5) is 38.4. The van der Waals surface area contributed by atoms with Crippen molar-refractivity contribution in [3.05, 3.63) is 158 Å². The molecule has 0 amide bonds. The van der Waals surface area contributed by atoms with E-state index in [0.29, 0.717) is 19.3 Å². The van der Waals surface area contributed by atoms with Gasteiger partial charge in [-0.05, 0) is 148 Å².